The van der Waals surface area contributed by atoms with Crippen LogP contribution in [0.1, 0.15) is 113 Å². The van der Waals surface area contributed by atoms with Gasteiger partial charge < -0.3 is 17.2 Å². The van der Waals surface area contributed by atoms with E-state index < -0.39 is 0 Å². The van der Waals surface area contributed by atoms with E-state index in [9.17, 15) is 0 Å². The molecule has 0 heterocycles. The van der Waals surface area contributed by atoms with Crippen molar-refractivity contribution in [1.82, 2.24) is 14.7 Å². The Bertz CT molecular complexity index is 1430. The first kappa shape index (κ1) is 46.5. The summed E-state index contributed by atoms with van der Waals surface area (Å²) >= 11 is 21.1. The van der Waals surface area contributed by atoms with Crippen LogP contribution >= 0.6 is 95.6 Å². The maximum absolute atomic E-state index is 6.13. The summed E-state index contributed by atoms with van der Waals surface area (Å²) in [5, 5.41) is 0. The number of rotatable bonds is 9. The molecular formula is C42H60Br6N6. The zero-order valence-electron chi connectivity index (χ0n) is 32.3. The van der Waals surface area contributed by atoms with Crippen molar-refractivity contribution < 1.29 is 0 Å². The van der Waals surface area contributed by atoms with Crippen molar-refractivity contribution in [2.24, 2.45) is 0 Å². The predicted octanol–water partition coefficient (Wildman–Crippen LogP) is 13.7. The van der Waals surface area contributed by atoms with E-state index in [0.717, 1.165) is 81.7 Å². The highest BCUT2D eigenvalue weighted by atomic mass is 79.9. The number of hydrogen-bond donors (Lipinski definition) is 3. The van der Waals surface area contributed by atoms with E-state index in [-0.39, 0.29) is 0 Å². The van der Waals surface area contributed by atoms with Crippen molar-refractivity contribution in [3.63, 3.8) is 0 Å². The molecule has 3 aromatic rings. The molecule has 0 spiro atoms. The summed E-state index contributed by atoms with van der Waals surface area (Å²) in [6.07, 6.45) is 20.3. The number of nitrogens with two attached hydrogens (primary N) is 3. The normalized spacial score (nSPS) is 17.3. The summed E-state index contributed by atoms with van der Waals surface area (Å²) < 4.78 is 6.17. The summed E-state index contributed by atoms with van der Waals surface area (Å²) in [5.74, 6) is 0. The van der Waals surface area contributed by atoms with Gasteiger partial charge in [-0.3, -0.25) is 14.7 Å². The molecule has 3 aromatic carbocycles. The Hall–Kier alpha value is -0.180. The lowest BCUT2D eigenvalue weighted by Crippen LogP contribution is -2.33. The van der Waals surface area contributed by atoms with Gasteiger partial charge in [0, 0.05) is 64.6 Å². The molecule has 6 rings (SSSR count). The van der Waals surface area contributed by atoms with Gasteiger partial charge in [0.05, 0.1) is 17.1 Å². The number of nitrogens with zero attached hydrogens (tertiary/aromatic N) is 3. The van der Waals surface area contributed by atoms with Crippen LogP contribution in [-0.2, 0) is 19.6 Å². The lowest BCUT2D eigenvalue weighted by Gasteiger charge is -2.31. The third-order valence-corrected chi connectivity index (χ3v) is 14.7. The first-order valence-electron chi connectivity index (χ1n) is 19.5. The van der Waals surface area contributed by atoms with Gasteiger partial charge in [-0.05, 0) is 161 Å². The summed E-state index contributed by atoms with van der Waals surface area (Å²) in [6, 6.07) is 14.5. The number of anilines is 3. The maximum Gasteiger partial charge on any atom is 0.0504 e. The van der Waals surface area contributed by atoms with Crippen LogP contribution < -0.4 is 17.2 Å². The van der Waals surface area contributed by atoms with Gasteiger partial charge in [0.2, 0.25) is 0 Å². The minimum absolute atomic E-state index is 0.718. The van der Waals surface area contributed by atoms with Crippen LogP contribution in [0.25, 0.3) is 0 Å². The largest absolute Gasteiger partial charge is 0.398 e. The van der Waals surface area contributed by atoms with Crippen LogP contribution in [-0.4, -0.2) is 54.0 Å². The van der Waals surface area contributed by atoms with Crippen molar-refractivity contribution in [3.05, 3.63) is 79.9 Å². The van der Waals surface area contributed by atoms with Crippen LogP contribution in [0.2, 0.25) is 0 Å². The molecule has 0 unspecified atom stereocenters. The molecule has 3 aliphatic rings. The average molecular weight is 1130 g/mol. The van der Waals surface area contributed by atoms with E-state index in [4.69, 9.17) is 17.2 Å². The molecule has 3 saturated carbocycles. The fraction of sp³-hybridized carbons (Fsp3) is 0.571. The molecular weight excluding hydrogens is 1070 g/mol. The fourth-order valence-electron chi connectivity index (χ4n) is 8.07. The lowest BCUT2D eigenvalue weighted by atomic mass is 9.94. The standard InChI is InChI=1S/3C14H20Br2N2/c3*1-18(12-5-3-2-4-6-12)9-10-7-11(15)8-13(16)14(10)17/h3*7-8,12H,2-6,9,17H2,1H3. The SMILES string of the molecule is CN(Cc1cc(Br)cc(Br)c1N)C1CCCCC1.CN(Cc1cc(Br)cc(Br)c1N)C1CCCCC1.CN(Cc1cc(Br)cc(Br)c1N)C1CCCCC1. The van der Waals surface area contributed by atoms with Crippen molar-refractivity contribution in [2.75, 3.05) is 38.3 Å². The molecule has 6 nitrogen and oxygen atoms in total. The van der Waals surface area contributed by atoms with E-state index in [1.54, 1.807) is 0 Å². The summed E-state index contributed by atoms with van der Waals surface area (Å²) in [5.41, 5.74) is 24.6. The second-order valence-electron chi connectivity index (χ2n) is 15.5. The van der Waals surface area contributed by atoms with Crippen LogP contribution in [0.4, 0.5) is 17.1 Å². The van der Waals surface area contributed by atoms with Crippen molar-refractivity contribution in [2.45, 2.75) is 134 Å². The molecule has 0 saturated heterocycles. The first-order chi connectivity index (χ1) is 25.7. The van der Waals surface area contributed by atoms with Crippen LogP contribution in [0.3, 0.4) is 0 Å². The van der Waals surface area contributed by atoms with Crippen LogP contribution in [0, 0.1) is 0 Å². The van der Waals surface area contributed by atoms with E-state index in [1.807, 2.05) is 18.2 Å². The van der Waals surface area contributed by atoms with Crippen molar-refractivity contribution in [1.29, 1.82) is 0 Å². The second-order valence-corrected chi connectivity index (χ2v) is 20.8. The first-order valence-corrected chi connectivity index (χ1v) is 24.3. The Morgan fingerprint density at radius 3 is 0.852 bits per heavy atom. The zero-order chi connectivity index (χ0) is 39.4. The van der Waals surface area contributed by atoms with E-state index in [1.165, 1.54) is 113 Å². The molecule has 0 aromatic heterocycles. The fourth-order valence-corrected chi connectivity index (χ4v) is 12.0. The minimum atomic E-state index is 0.718. The third-order valence-electron chi connectivity index (χ3n) is 11.4. The van der Waals surface area contributed by atoms with E-state index in [2.05, 4.69) is 150 Å². The van der Waals surface area contributed by atoms with Gasteiger partial charge in [-0.15, -0.1) is 0 Å². The Morgan fingerprint density at radius 2 is 0.630 bits per heavy atom. The highest BCUT2D eigenvalue weighted by Crippen LogP contribution is 2.33. The zero-order valence-corrected chi connectivity index (χ0v) is 41.8. The lowest BCUT2D eigenvalue weighted by molar-refractivity contribution is 0.185. The molecule has 54 heavy (non-hydrogen) atoms. The predicted molar refractivity (Wildman–Crippen MR) is 254 cm³/mol. The number of hydrogen-bond acceptors (Lipinski definition) is 6. The monoisotopic (exact) mass is 1120 g/mol. The molecule has 0 bridgehead atoms. The van der Waals surface area contributed by atoms with Gasteiger partial charge in [-0.2, -0.15) is 0 Å². The van der Waals surface area contributed by atoms with Gasteiger partial charge in [-0.1, -0.05) is 106 Å². The second kappa shape index (κ2) is 23.4. The molecule has 3 aliphatic carbocycles. The van der Waals surface area contributed by atoms with Crippen LogP contribution in [0.15, 0.2) is 63.2 Å². The van der Waals surface area contributed by atoms with Gasteiger partial charge in [0.1, 0.15) is 0 Å². The summed E-state index contributed by atoms with van der Waals surface area (Å²) in [7, 11) is 6.64. The molecule has 0 aliphatic heterocycles. The molecule has 6 N–H and O–H groups in total. The molecule has 3 fully saturated rings. The molecule has 0 amide bonds. The van der Waals surface area contributed by atoms with E-state index in [0.29, 0.717) is 0 Å². The van der Waals surface area contributed by atoms with E-state index >= 15 is 0 Å². The molecule has 0 atom stereocenters. The van der Waals surface area contributed by atoms with Gasteiger partial charge in [0.25, 0.3) is 0 Å². The summed E-state index contributed by atoms with van der Waals surface area (Å²) in [6.45, 7) is 2.78. The Balaban J connectivity index is 0.000000180. The number of benzene rings is 3. The van der Waals surface area contributed by atoms with Crippen molar-refractivity contribution >= 4 is 113 Å². The Kier molecular flexibility index (Phi) is 20.2. The molecule has 12 heteroatoms. The molecule has 0 radical (unpaired) electrons. The number of halogens is 6. The Labute approximate surface area is 376 Å². The Morgan fingerprint density at radius 1 is 0.407 bits per heavy atom. The molecule has 300 valence electrons. The van der Waals surface area contributed by atoms with Gasteiger partial charge >= 0.3 is 0 Å². The quantitative estimate of drug-likeness (QED) is 0.185. The summed E-state index contributed by atoms with van der Waals surface area (Å²) in [4.78, 5) is 7.34. The highest BCUT2D eigenvalue weighted by molar-refractivity contribution is 9.11. The third kappa shape index (κ3) is 14.6. The smallest absolute Gasteiger partial charge is 0.0504 e. The van der Waals surface area contributed by atoms with Gasteiger partial charge in [-0.25, -0.2) is 0 Å². The average Bonchev–Trinajstić information content (AvgIpc) is 3.16. The van der Waals surface area contributed by atoms with Gasteiger partial charge in [0.15, 0.2) is 0 Å². The van der Waals surface area contributed by atoms with Crippen LogP contribution in [0.5, 0.6) is 0 Å². The minimum Gasteiger partial charge on any atom is -0.398 e. The maximum atomic E-state index is 6.13. The number of nitrogen functional groups attached to an aromatic ring is 3. The topological polar surface area (TPSA) is 87.8 Å². The van der Waals surface area contributed by atoms with Crippen molar-refractivity contribution in [3.8, 4) is 0 Å². The highest BCUT2D eigenvalue weighted by Gasteiger charge is 2.21.